The minimum absolute atomic E-state index is 0.154. The Morgan fingerprint density at radius 1 is 1.05 bits per heavy atom. The van der Waals surface area contributed by atoms with E-state index >= 15 is 0 Å². The summed E-state index contributed by atoms with van der Waals surface area (Å²) < 4.78 is 11.7. The molecule has 3 fully saturated rings. The summed E-state index contributed by atoms with van der Waals surface area (Å²) in [4.78, 5) is 9.60. The second-order valence-corrected chi connectivity index (χ2v) is 12.7. The Kier molecular flexibility index (Phi) is 7.32. The first-order valence-corrected chi connectivity index (χ1v) is 15.8. The Hall–Kier alpha value is -2.82. The van der Waals surface area contributed by atoms with Crippen LogP contribution in [0.1, 0.15) is 44.9 Å². The third kappa shape index (κ3) is 5.29. The van der Waals surface area contributed by atoms with E-state index in [9.17, 15) is 5.11 Å². The maximum Gasteiger partial charge on any atom is 0.129 e. The fraction of sp³-hybridized carbons (Fsp3) is 0.567. The van der Waals surface area contributed by atoms with Crippen molar-refractivity contribution >= 4 is 29.1 Å². The van der Waals surface area contributed by atoms with E-state index in [1.807, 2.05) is 23.1 Å². The molecule has 1 saturated carbocycles. The van der Waals surface area contributed by atoms with Crippen molar-refractivity contribution in [2.45, 2.75) is 51.0 Å². The minimum Gasteiger partial charge on any atom is -0.395 e. The number of anilines is 3. The van der Waals surface area contributed by atoms with Crippen molar-refractivity contribution in [2.24, 2.45) is 11.3 Å². The van der Waals surface area contributed by atoms with Gasteiger partial charge in [-0.1, -0.05) is 17.2 Å². The van der Waals surface area contributed by atoms with Crippen molar-refractivity contribution in [3.05, 3.63) is 42.7 Å². The van der Waals surface area contributed by atoms with Gasteiger partial charge in [0.15, 0.2) is 0 Å². The monoisotopic (exact) mass is 561 g/mol. The van der Waals surface area contributed by atoms with Crippen LogP contribution >= 0.6 is 11.9 Å². The van der Waals surface area contributed by atoms with Gasteiger partial charge in [0.2, 0.25) is 0 Å². The predicted molar refractivity (Wildman–Crippen MR) is 160 cm³/mol. The number of hydrogen-bond donors (Lipinski definition) is 2. The van der Waals surface area contributed by atoms with Crippen molar-refractivity contribution < 1.29 is 9.84 Å². The number of aromatic nitrogens is 4. The average Bonchev–Trinajstić information content (AvgIpc) is 3.41. The van der Waals surface area contributed by atoms with E-state index < -0.39 is 0 Å². The van der Waals surface area contributed by atoms with E-state index in [4.69, 9.17) is 9.72 Å². The zero-order valence-electron chi connectivity index (χ0n) is 23.0. The van der Waals surface area contributed by atoms with Gasteiger partial charge in [0.05, 0.1) is 30.3 Å². The third-order valence-electron chi connectivity index (χ3n) is 9.35. The van der Waals surface area contributed by atoms with E-state index in [2.05, 4.69) is 49.1 Å². The molecule has 0 amide bonds. The predicted octanol–water partition coefficient (Wildman–Crippen LogP) is 4.77. The Morgan fingerprint density at radius 2 is 1.98 bits per heavy atom. The van der Waals surface area contributed by atoms with Crippen LogP contribution in [0, 0.1) is 11.3 Å². The van der Waals surface area contributed by atoms with Crippen LogP contribution in [0.2, 0.25) is 0 Å². The first-order chi connectivity index (χ1) is 19.7. The summed E-state index contributed by atoms with van der Waals surface area (Å²) >= 11 is 1.53. The van der Waals surface area contributed by atoms with Gasteiger partial charge < -0.3 is 24.4 Å². The van der Waals surface area contributed by atoms with Gasteiger partial charge >= 0.3 is 0 Å². The number of nitrogens with zero attached hydrogens (tertiary/aromatic N) is 6. The number of piperidine rings is 2. The highest BCUT2D eigenvalue weighted by atomic mass is 32.2. The lowest BCUT2D eigenvalue weighted by atomic mass is 9.89. The molecule has 9 nitrogen and oxygen atoms in total. The molecule has 2 unspecified atom stereocenters. The first-order valence-electron chi connectivity index (χ1n) is 14.8. The molecule has 2 atom stereocenters. The van der Waals surface area contributed by atoms with Crippen LogP contribution in [-0.4, -0.2) is 76.3 Å². The molecule has 0 radical (unpaired) electrons. The summed E-state index contributed by atoms with van der Waals surface area (Å²) in [7, 11) is 0. The molecule has 1 aliphatic carbocycles. The molecule has 4 aliphatic heterocycles. The molecule has 5 aliphatic rings. The Bertz CT molecular complexity index is 1320. The topological polar surface area (TPSA) is 91.6 Å². The summed E-state index contributed by atoms with van der Waals surface area (Å²) in [6.07, 6.45) is 12.8. The molecule has 2 saturated heterocycles. The highest BCUT2D eigenvalue weighted by Crippen LogP contribution is 2.61. The number of ether oxygens (including phenoxy) is 1. The van der Waals surface area contributed by atoms with E-state index in [1.165, 1.54) is 43.3 Å². The van der Waals surface area contributed by atoms with Crippen molar-refractivity contribution in [3.63, 3.8) is 0 Å². The molecule has 40 heavy (non-hydrogen) atoms. The van der Waals surface area contributed by atoms with Crippen LogP contribution in [0.5, 0.6) is 0 Å². The van der Waals surface area contributed by atoms with Gasteiger partial charge in [0.25, 0.3) is 0 Å². The van der Waals surface area contributed by atoms with Crippen molar-refractivity contribution in [3.8, 4) is 16.9 Å². The van der Waals surface area contributed by atoms with Gasteiger partial charge in [0.1, 0.15) is 11.5 Å². The fourth-order valence-corrected chi connectivity index (χ4v) is 7.47. The van der Waals surface area contributed by atoms with Crippen LogP contribution in [-0.2, 0) is 4.74 Å². The lowest BCUT2D eigenvalue weighted by Crippen LogP contribution is -2.40. The lowest BCUT2D eigenvalue weighted by molar-refractivity contribution is 0.0401. The lowest BCUT2D eigenvalue weighted by Gasteiger charge is -2.36. The second kappa shape index (κ2) is 11.2. The molecule has 10 heteroatoms. The maximum absolute atomic E-state index is 9.21. The van der Waals surface area contributed by atoms with Gasteiger partial charge in [-0.3, -0.25) is 0 Å². The fourth-order valence-electron chi connectivity index (χ4n) is 6.99. The Morgan fingerprint density at radius 3 is 2.88 bits per heavy atom. The molecule has 3 aromatic rings. The summed E-state index contributed by atoms with van der Waals surface area (Å²) in [6, 6.07) is 10.6. The van der Waals surface area contributed by atoms with E-state index in [1.54, 1.807) is 0 Å². The average molecular weight is 562 g/mol. The molecule has 6 heterocycles. The number of fused-ring (bicyclic) bond motifs is 5. The number of aliphatic hydroxyl groups excluding tert-OH is 1. The normalized spacial score (nSPS) is 26.1. The van der Waals surface area contributed by atoms with Gasteiger partial charge in [-0.15, -0.1) is 5.10 Å². The molecule has 2 N–H and O–H groups in total. The highest BCUT2D eigenvalue weighted by molar-refractivity contribution is 8.00. The number of benzene rings is 1. The molecule has 2 aromatic heterocycles. The number of rotatable bonds is 4. The standard InChI is InChI=1S/C30H39N7O2S/c38-14-16-40-33-24-5-6-27-28(18-24)35-12-8-30(9-13-35)19-23(30)3-2-15-39-25-4-1-11-36(20-25)29-17-22(7-10-31-29)26-21-37(27)34-32-26/h5-7,10,17-18,21,23,25,33,38H,1-4,8-9,11-16,19-20H2. The summed E-state index contributed by atoms with van der Waals surface area (Å²) in [5, 5.41) is 18.4. The van der Waals surface area contributed by atoms with E-state index in [0.29, 0.717) is 11.2 Å². The summed E-state index contributed by atoms with van der Waals surface area (Å²) in [6.45, 7) is 5.03. The van der Waals surface area contributed by atoms with Gasteiger partial charge in [-0.05, 0) is 86.6 Å². The van der Waals surface area contributed by atoms with E-state index in [-0.39, 0.29) is 12.7 Å². The third-order valence-corrected chi connectivity index (χ3v) is 10.1. The Balaban J connectivity index is 1.23. The van der Waals surface area contributed by atoms with Crippen LogP contribution in [0.4, 0.5) is 17.2 Å². The summed E-state index contributed by atoms with van der Waals surface area (Å²) in [5.74, 6) is 2.47. The molecule has 8 bridgehead atoms. The number of pyridine rings is 1. The quantitative estimate of drug-likeness (QED) is 0.345. The second-order valence-electron chi connectivity index (χ2n) is 11.8. The molecular weight excluding hydrogens is 522 g/mol. The first kappa shape index (κ1) is 26.1. The molecular formula is C30H39N7O2S. The largest absolute Gasteiger partial charge is 0.395 e. The molecule has 1 spiro atoms. The molecule has 1 aromatic carbocycles. The van der Waals surface area contributed by atoms with Crippen molar-refractivity contribution in [1.82, 2.24) is 20.0 Å². The highest BCUT2D eigenvalue weighted by Gasteiger charge is 2.54. The van der Waals surface area contributed by atoms with Crippen LogP contribution < -0.4 is 14.5 Å². The zero-order valence-corrected chi connectivity index (χ0v) is 23.9. The van der Waals surface area contributed by atoms with E-state index in [0.717, 1.165) is 86.4 Å². The van der Waals surface area contributed by atoms with Gasteiger partial charge in [-0.25, -0.2) is 9.67 Å². The molecule has 212 valence electrons. The SMILES string of the molecule is OCCSNc1ccc2c(c1)N1CCC3(CC1)CC3CCCOC1CCCN(C1)c1cc(ccn1)-c1cn-2nn1. The zero-order chi connectivity index (χ0) is 26.9. The maximum atomic E-state index is 9.21. The van der Waals surface area contributed by atoms with Gasteiger partial charge in [-0.2, -0.15) is 0 Å². The number of hydrogen-bond acceptors (Lipinski definition) is 9. The van der Waals surface area contributed by atoms with Crippen LogP contribution in [0.15, 0.2) is 42.7 Å². The van der Waals surface area contributed by atoms with Crippen molar-refractivity contribution in [2.75, 3.05) is 59.7 Å². The minimum atomic E-state index is 0.154. The Labute approximate surface area is 240 Å². The smallest absolute Gasteiger partial charge is 0.129 e. The van der Waals surface area contributed by atoms with Crippen molar-refractivity contribution in [1.29, 1.82) is 0 Å². The number of nitrogens with one attached hydrogen (secondary N) is 1. The summed E-state index contributed by atoms with van der Waals surface area (Å²) in [5.41, 5.74) is 5.65. The van der Waals surface area contributed by atoms with Crippen LogP contribution in [0.25, 0.3) is 16.9 Å². The van der Waals surface area contributed by atoms with Crippen LogP contribution in [0.3, 0.4) is 0 Å². The molecule has 8 rings (SSSR count). The number of aliphatic hydroxyl groups is 1. The van der Waals surface area contributed by atoms with Gasteiger partial charge in [0, 0.05) is 56.0 Å².